The van der Waals surface area contributed by atoms with Crippen LogP contribution in [0.1, 0.15) is 70.0 Å². The predicted octanol–water partition coefficient (Wildman–Crippen LogP) is 5.96. The summed E-state index contributed by atoms with van der Waals surface area (Å²) in [5, 5.41) is 62.0. The van der Waals surface area contributed by atoms with Gasteiger partial charge in [0.2, 0.25) is 5.13 Å². The van der Waals surface area contributed by atoms with Crippen molar-refractivity contribution in [3.63, 3.8) is 0 Å². The molecule has 1 amide bonds. The lowest BCUT2D eigenvalue weighted by Crippen LogP contribution is -2.46. The lowest BCUT2D eigenvalue weighted by Gasteiger charge is -2.38. The fraction of sp³-hybridized carbons (Fsp3) is 0.439. The third-order valence-corrected chi connectivity index (χ3v) is 11.4. The van der Waals surface area contributed by atoms with Crippen molar-refractivity contribution in [1.82, 2.24) is 4.98 Å². The van der Waals surface area contributed by atoms with Crippen LogP contribution < -0.4 is 10.1 Å². The van der Waals surface area contributed by atoms with Crippen molar-refractivity contribution in [3.8, 4) is 23.0 Å². The van der Waals surface area contributed by atoms with Crippen molar-refractivity contribution in [2.24, 2.45) is 28.7 Å². The lowest BCUT2D eigenvalue weighted by atomic mass is 9.78. The van der Waals surface area contributed by atoms with Gasteiger partial charge in [-0.1, -0.05) is 45.9 Å². The Balaban J connectivity index is 1.72. The number of Topliss-reactive ketones (excluding diaryl/α,β-unsaturated/α-hetero) is 1. The highest BCUT2D eigenvalue weighted by molar-refractivity contribution is 7.13. The van der Waals surface area contributed by atoms with Crippen LogP contribution in [0.5, 0.6) is 23.0 Å². The van der Waals surface area contributed by atoms with Gasteiger partial charge in [-0.05, 0) is 19.9 Å². The number of hydrogen-bond donors (Lipinski definition) is 6. The Morgan fingerprint density at radius 1 is 1.00 bits per heavy atom. The average Bonchev–Trinajstić information content (AvgIpc) is 3.79. The van der Waals surface area contributed by atoms with E-state index in [-0.39, 0.29) is 49.6 Å². The molecule has 2 aromatic carbocycles. The highest BCUT2D eigenvalue weighted by atomic mass is 32.1. The average molecular weight is 808 g/mol. The van der Waals surface area contributed by atoms with E-state index in [0.717, 1.165) is 0 Å². The van der Waals surface area contributed by atoms with E-state index in [1.807, 2.05) is 0 Å². The number of anilines is 1. The third-order valence-electron chi connectivity index (χ3n) is 10.8. The number of aromatic hydroxyl groups is 3. The van der Waals surface area contributed by atoms with Crippen LogP contribution in [0.2, 0.25) is 0 Å². The zero-order valence-corrected chi connectivity index (χ0v) is 34.0. The van der Waals surface area contributed by atoms with Gasteiger partial charge in [-0.25, -0.2) is 9.98 Å². The van der Waals surface area contributed by atoms with Crippen molar-refractivity contribution in [1.29, 1.82) is 0 Å². The molecule has 0 aliphatic carbocycles. The number of rotatable bonds is 4. The smallest absolute Gasteiger partial charge is 0.312 e. The number of aliphatic hydroxyl groups is 2. The number of ketones is 1. The summed E-state index contributed by atoms with van der Waals surface area (Å²) >= 11 is 1.18. The zero-order valence-electron chi connectivity index (χ0n) is 33.1. The van der Waals surface area contributed by atoms with Crippen molar-refractivity contribution in [2.75, 3.05) is 12.4 Å². The van der Waals surface area contributed by atoms with Gasteiger partial charge < -0.3 is 49.8 Å². The minimum absolute atomic E-state index is 0.0377. The van der Waals surface area contributed by atoms with Gasteiger partial charge in [0.15, 0.2) is 5.75 Å². The summed E-state index contributed by atoms with van der Waals surface area (Å²) in [5.41, 5.74) is -0.536. The number of hydrogen-bond acceptors (Lipinski definition) is 15. The number of thiazole rings is 1. The lowest BCUT2D eigenvalue weighted by molar-refractivity contribution is -0.160. The number of phenols is 3. The quantitative estimate of drug-likeness (QED) is 0.0775. The summed E-state index contributed by atoms with van der Waals surface area (Å²) in [6.45, 7) is 12.4. The van der Waals surface area contributed by atoms with Crippen LogP contribution in [-0.2, 0) is 23.8 Å². The Bertz CT molecular complexity index is 2160. The molecule has 15 nitrogen and oxygen atoms in total. The molecule has 5 bridgehead atoms. The first-order valence-electron chi connectivity index (χ1n) is 18.4. The molecule has 3 aromatic rings. The van der Waals surface area contributed by atoms with E-state index < -0.39 is 88.8 Å². The number of esters is 1. The van der Waals surface area contributed by atoms with Crippen LogP contribution in [-0.4, -0.2) is 91.7 Å². The van der Waals surface area contributed by atoms with Gasteiger partial charge in [0.25, 0.3) is 11.7 Å². The number of nitrogens with zero attached hydrogens (tertiary/aromatic N) is 2. The molecule has 4 heterocycles. The first kappa shape index (κ1) is 42.8. The van der Waals surface area contributed by atoms with Crippen LogP contribution in [0.3, 0.4) is 0 Å². The second kappa shape index (κ2) is 17.1. The van der Waals surface area contributed by atoms with E-state index in [1.54, 1.807) is 45.2 Å². The van der Waals surface area contributed by atoms with E-state index in [1.165, 1.54) is 77.0 Å². The summed E-state index contributed by atoms with van der Waals surface area (Å²) in [5.74, 6) is -8.57. The number of fused-ring (bicyclic) bond motifs is 14. The van der Waals surface area contributed by atoms with Crippen LogP contribution in [0.15, 0.2) is 52.7 Å². The second-order valence-electron chi connectivity index (χ2n) is 14.7. The van der Waals surface area contributed by atoms with Crippen molar-refractivity contribution in [3.05, 3.63) is 64.4 Å². The maximum Gasteiger partial charge on any atom is 0.312 e. The predicted molar refractivity (Wildman–Crippen MR) is 213 cm³/mol. The number of ether oxygens (including phenoxy) is 4. The van der Waals surface area contributed by atoms with Crippen molar-refractivity contribution in [2.45, 2.75) is 85.6 Å². The number of aliphatic imine (C=N–C) groups is 1. The maximum absolute atomic E-state index is 14.3. The first-order chi connectivity index (χ1) is 26.8. The van der Waals surface area contributed by atoms with Gasteiger partial charge in [0, 0.05) is 78.9 Å². The molecule has 57 heavy (non-hydrogen) atoms. The molecule has 6 rings (SSSR count). The summed E-state index contributed by atoms with van der Waals surface area (Å²) in [7, 11) is 1.43. The van der Waals surface area contributed by atoms with E-state index in [9.17, 15) is 39.9 Å². The van der Waals surface area contributed by atoms with Crippen LogP contribution in [0, 0.1) is 30.6 Å². The molecule has 16 heteroatoms. The summed E-state index contributed by atoms with van der Waals surface area (Å²) in [4.78, 5) is 48.7. The minimum Gasteiger partial charge on any atom is -0.507 e. The normalized spacial score (nSPS) is 30.8. The Kier molecular flexibility index (Phi) is 12.8. The van der Waals surface area contributed by atoms with Gasteiger partial charge in [-0.2, -0.15) is 0 Å². The van der Waals surface area contributed by atoms with Crippen LogP contribution >= 0.6 is 11.3 Å². The van der Waals surface area contributed by atoms with Crippen LogP contribution in [0.4, 0.5) is 10.8 Å². The highest BCUT2D eigenvalue weighted by Gasteiger charge is 2.50. The molecule has 1 aromatic heterocycles. The van der Waals surface area contributed by atoms with E-state index >= 15 is 0 Å². The molecule has 0 saturated heterocycles. The van der Waals surface area contributed by atoms with Crippen molar-refractivity contribution >= 4 is 56.8 Å². The number of allylic oxidation sites excluding steroid dienone is 2. The number of aliphatic hydroxyl groups excluding tert-OH is 2. The largest absolute Gasteiger partial charge is 0.507 e. The number of aromatic nitrogens is 1. The SMILES string of the molecule is COC1/C=C\OC2(C)Oc3c(C)c(O)c4c(O)c(c(/C=N/c5nccs5)c(O)c4c3C2=O)NC(=O)/C(C)=C\C=C/C(C)C(O)C(C)C(O)C(C)C(OC(C)=O)C1C. The van der Waals surface area contributed by atoms with E-state index in [0.29, 0.717) is 0 Å². The molecule has 9 unspecified atom stereocenters. The van der Waals surface area contributed by atoms with Gasteiger partial charge in [0.05, 0.1) is 46.8 Å². The summed E-state index contributed by atoms with van der Waals surface area (Å²) < 4.78 is 23.5. The molecule has 0 spiro atoms. The Labute approximate surface area is 334 Å². The number of benzene rings is 2. The molecule has 0 fully saturated rings. The van der Waals surface area contributed by atoms with Gasteiger partial charge in [-0.3, -0.25) is 14.4 Å². The molecule has 306 valence electrons. The summed E-state index contributed by atoms with van der Waals surface area (Å²) in [6, 6.07) is 0. The Morgan fingerprint density at radius 3 is 2.33 bits per heavy atom. The molecule has 3 aliphatic heterocycles. The van der Waals surface area contributed by atoms with Gasteiger partial charge in [0.1, 0.15) is 23.4 Å². The summed E-state index contributed by atoms with van der Waals surface area (Å²) in [6.07, 6.45) is 6.15. The monoisotopic (exact) mass is 807 g/mol. The van der Waals surface area contributed by atoms with E-state index in [2.05, 4.69) is 15.3 Å². The molecular weight excluding hydrogens is 759 g/mol. The topological polar surface area (TPSA) is 227 Å². The number of methoxy groups -OCH3 is 1. The number of amides is 1. The molecule has 9 atom stereocenters. The maximum atomic E-state index is 14.3. The van der Waals surface area contributed by atoms with Crippen LogP contribution in [0.25, 0.3) is 10.8 Å². The molecular formula is C41H49N3O12S. The molecule has 0 saturated carbocycles. The highest BCUT2D eigenvalue weighted by Crippen LogP contribution is 2.55. The van der Waals surface area contributed by atoms with Gasteiger partial charge >= 0.3 is 11.8 Å². The fourth-order valence-electron chi connectivity index (χ4n) is 7.27. The second-order valence-corrected chi connectivity index (χ2v) is 15.6. The van der Waals surface area contributed by atoms with E-state index in [4.69, 9.17) is 18.9 Å². The standard InChI is InChI=1S/C41H49N3O12S/c1-18-11-10-12-19(2)39(52)44-30-25(17-43-40-42-14-16-57-40)34(49)27-28(35(30)50)33(48)23(6)37-29(27)38(51)41(8,56-37)54-15-13-26(53-9)20(3)36(55-24(7)45)22(5)32(47)21(4)31(18)46/h10-18,20-22,26,31-32,36,46-50H,1-9H3,(H,44,52)/b11-10-,15-13-,19-12-,43-17+. The Hall–Kier alpha value is -5.29. The fourth-order valence-corrected chi connectivity index (χ4v) is 7.75. The molecule has 3 aliphatic rings. The minimum atomic E-state index is -2.06. The third kappa shape index (κ3) is 8.26. The molecule has 0 radical (unpaired) electrons. The first-order valence-corrected chi connectivity index (χ1v) is 19.2. The van der Waals surface area contributed by atoms with Gasteiger partial charge in [-0.15, -0.1) is 11.3 Å². The number of carbonyl (C=O) groups excluding carboxylic acids is 3. The Morgan fingerprint density at radius 2 is 1.70 bits per heavy atom. The zero-order chi connectivity index (χ0) is 42.1. The molecule has 6 N–H and O–H groups in total. The van der Waals surface area contributed by atoms with Crippen molar-refractivity contribution < 1.29 is 58.9 Å². The number of carbonyl (C=O) groups is 3. The number of phenolic OH excluding ortho intramolecular Hbond substituents is 3. The number of nitrogens with one attached hydrogen (secondary N) is 1.